The first-order valence-corrected chi connectivity index (χ1v) is 5.04. The van der Waals surface area contributed by atoms with E-state index in [-0.39, 0.29) is 24.2 Å². The minimum Gasteiger partial charge on any atom is -0.273 e. The van der Waals surface area contributed by atoms with E-state index in [9.17, 15) is 14.0 Å². The fourth-order valence-corrected chi connectivity index (χ4v) is 1.51. The molecule has 0 aromatic rings. The minimum atomic E-state index is -0.171. The van der Waals surface area contributed by atoms with Gasteiger partial charge in [-0.2, -0.15) is 0 Å². The summed E-state index contributed by atoms with van der Waals surface area (Å²) >= 11 is 0. The molecule has 0 spiro atoms. The summed E-state index contributed by atoms with van der Waals surface area (Å²) in [5, 5.41) is 1.27. The Hall–Kier alpha value is -1.39. The Morgan fingerprint density at radius 2 is 2.47 bits per heavy atom. The number of carbonyl (C=O) groups excluding carboxylic acids is 2. The SMILES string of the molecule is CCCC(=O)NN1CC(C=CF)CC1=O. The van der Waals surface area contributed by atoms with Crippen molar-refractivity contribution in [1.29, 1.82) is 0 Å². The molecule has 84 valence electrons. The summed E-state index contributed by atoms with van der Waals surface area (Å²) in [6.45, 7) is 2.24. The first-order valence-electron chi connectivity index (χ1n) is 5.04. The number of nitrogens with one attached hydrogen (secondary N) is 1. The lowest BCUT2D eigenvalue weighted by molar-refractivity contribution is -0.138. The van der Waals surface area contributed by atoms with E-state index in [0.717, 1.165) is 6.42 Å². The van der Waals surface area contributed by atoms with Crippen LogP contribution in [0.15, 0.2) is 12.4 Å². The lowest BCUT2D eigenvalue weighted by Crippen LogP contribution is -2.43. The monoisotopic (exact) mass is 214 g/mol. The summed E-state index contributed by atoms with van der Waals surface area (Å²) in [6, 6.07) is 0. The second-order valence-electron chi connectivity index (χ2n) is 3.57. The lowest BCUT2D eigenvalue weighted by Gasteiger charge is -2.16. The van der Waals surface area contributed by atoms with E-state index in [0.29, 0.717) is 19.3 Å². The summed E-state index contributed by atoms with van der Waals surface area (Å²) in [7, 11) is 0. The molecule has 1 saturated heterocycles. The molecule has 5 heteroatoms. The average Bonchev–Trinajstić information content (AvgIpc) is 2.48. The maximum Gasteiger partial charge on any atom is 0.241 e. The largest absolute Gasteiger partial charge is 0.273 e. The number of amides is 2. The standard InChI is InChI=1S/C10H15FN2O2/c1-2-3-9(14)12-13-7-8(4-5-11)6-10(13)15/h4-5,8H,2-3,6-7H2,1H3,(H,12,14). The highest BCUT2D eigenvalue weighted by atomic mass is 19.1. The van der Waals surface area contributed by atoms with Gasteiger partial charge in [-0.25, -0.2) is 4.39 Å². The third-order valence-corrected chi connectivity index (χ3v) is 2.24. The molecule has 0 aromatic heterocycles. The van der Waals surface area contributed by atoms with Crippen LogP contribution in [0.3, 0.4) is 0 Å². The first kappa shape index (κ1) is 11.7. The molecule has 0 aliphatic carbocycles. The number of hydrazine groups is 1. The Morgan fingerprint density at radius 3 is 3.07 bits per heavy atom. The van der Waals surface area contributed by atoms with Crippen molar-refractivity contribution >= 4 is 11.8 Å². The van der Waals surface area contributed by atoms with Crippen molar-refractivity contribution in [2.24, 2.45) is 5.92 Å². The van der Waals surface area contributed by atoms with E-state index in [2.05, 4.69) is 5.43 Å². The quantitative estimate of drug-likeness (QED) is 0.763. The number of hydrogen-bond acceptors (Lipinski definition) is 2. The van der Waals surface area contributed by atoms with Crippen molar-refractivity contribution in [3.8, 4) is 0 Å². The number of carbonyl (C=O) groups is 2. The average molecular weight is 214 g/mol. The molecule has 1 atom stereocenters. The lowest BCUT2D eigenvalue weighted by atomic mass is 10.1. The second-order valence-corrected chi connectivity index (χ2v) is 3.57. The zero-order chi connectivity index (χ0) is 11.3. The van der Waals surface area contributed by atoms with Crippen LogP contribution in [-0.4, -0.2) is 23.4 Å². The van der Waals surface area contributed by atoms with Crippen LogP contribution >= 0.6 is 0 Å². The van der Waals surface area contributed by atoms with E-state index in [1.807, 2.05) is 6.92 Å². The van der Waals surface area contributed by atoms with Gasteiger partial charge in [0, 0.05) is 25.3 Å². The number of halogens is 1. The maximum atomic E-state index is 11.9. The Balaban J connectivity index is 2.43. The van der Waals surface area contributed by atoms with Gasteiger partial charge in [0.05, 0.1) is 6.33 Å². The Morgan fingerprint density at radius 1 is 1.73 bits per heavy atom. The van der Waals surface area contributed by atoms with Gasteiger partial charge in [-0.05, 0) is 6.42 Å². The number of nitrogens with zero attached hydrogens (tertiary/aromatic N) is 1. The topological polar surface area (TPSA) is 49.4 Å². The van der Waals surface area contributed by atoms with Crippen molar-refractivity contribution < 1.29 is 14.0 Å². The van der Waals surface area contributed by atoms with Crippen molar-refractivity contribution in [3.05, 3.63) is 12.4 Å². The second kappa shape index (κ2) is 5.48. The van der Waals surface area contributed by atoms with Gasteiger partial charge in [-0.15, -0.1) is 0 Å². The van der Waals surface area contributed by atoms with Gasteiger partial charge in [0.1, 0.15) is 0 Å². The van der Waals surface area contributed by atoms with Crippen LogP contribution in [0.1, 0.15) is 26.2 Å². The molecule has 0 radical (unpaired) electrons. The van der Waals surface area contributed by atoms with Gasteiger partial charge in [-0.3, -0.25) is 20.0 Å². The fourth-order valence-electron chi connectivity index (χ4n) is 1.51. The van der Waals surface area contributed by atoms with Gasteiger partial charge in [-0.1, -0.05) is 13.0 Å². The normalized spacial score (nSPS) is 21.3. The van der Waals surface area contributed by atoms with Crippen molar-refractivity contribution in [2.45, 2.75) is 26.2 Å². The summed E-state index contributed by atoms with van der Waals surface area (Å²) in [4.78, 5) is 22.6. The zero-order valence-electron chi connectivity index (χ0n) is 8.70. The molecule has 0 aromatic carbocycles. The molecule has 0 bridgehead atoms. The molecular weight excluding hydrogens is 199 g/mol. The van der Waals surface area contributed by atoms with Gasteiger partial charge < -0.3 is 0 Å². The van der Waals surface area contributed by atoms with Gasteiger partial charge in [0.15, 0.2) is 0 Å². The molecule has 1 heterocycles. The van der Waals surface area contributed by atoms with Gasteiger partial charge in [0.25, 0.3) is 0 Å². The molecule has 1 aliphatic heterocycles. The fraction of sp³-hybridized carbons (Fsp3) is 0.600. The van der Waals surface area contributed by atoms with Crippen LogP contribution in [-0.2, 0) is 9.59 Å². The van der Waals surface area contributed by atoms with Crippen LogP contribution < -0.4 is 5.43 Å². The van der Waals surface area contributed by atoms with E-state index >= 15 is 0 Å². The first-order chi connectivity index (χ1) is 7.17. The number of rotatable bonds is 4. The molecule has 1 rings (SSSR count). The highest BCUT2D eigenvalue weighted by Crippen LogP contribution is 2.17. The highest BCUT2D eigenvalue weighted by molar-refractivity contribution is 5.83. The van der Waals surface area contributed by atoms with E-state index < -0.39 is 0 Å². The summed E-state index contributed by atoms with van der Waals surface area (Å²) in [5.74, 6) is -0.470. The molecule has 2 amide bonds. The van der Waals surface area contributed by atoms with Gasteiger partial charge in [0.2, 0.25) is 11.8 Å². The Bertz CT molecular complexity index is 279. The highest BCUT2D eigenvalue weighted by Gasteiger charge is 2.28. The summed E-state index contributed by atoms with van der Waals surface area (Å²) < 4.78 is 11.9. The molecule has 4 nitrogen and oxygen atoms in total. The predicted octanol–water partition coefficient (Wildman–Crippen LogP) is 1.15. The van der Waals surface area contributed by atoms with Crippen LogP contribution in [0.4, 0.5) is 4.39 Å². The third kappa shape index (κ3) is 3.34. The molecule has 0 saturated carbocycles. The van der Waals surface area contributed by atoms with Crippen molar-refractivity contribution in [1.82, 2.24) is 10.4 Å². The third-order valence-electron chi connectivity index (χ3n) is 2.24. The smallest absolute Gasteiger partial charge is 0.241 e. The molecule has 1 fully saturated rings. The molecule has 1 aliphatic rings. The van der Waals surface area contributed by atoms with Crippen LogP contribution in [0.2, 0.25) is 0 Å². The van der Waals surface area contributed by atoms with Crippen molar-refractivity contribution in [2.75, 3.05) is 6.54 Å². The number of hydrogen-bond donors (Lipinski definition) is 1. The zero-order valence-corrected chi connectivity index (χ0v) is 8.70. The molecular formula is C10H15FN2O2. The summed E-state index contributed by atoms with van der Waals surface area (Å²) in [5.41, 5.74) is 2.51. The molecule has 15 heavy (non-hydrogen) atoms. The van der Waals surface area contributed by atoms with E-state index in [4.69, 9.17) is 0 Å². The molecule has 1 unspecified atom stereocenters. The predicted molar refractivity (Wildman–Crippen MR) is 53.1 cm³/mol. The van der Waals surface area contributed by atoms with E-state index in [1.165, 1.54) is 11.1 Å². The van der Waals surface area contributed by atoms with Gasteiger partial charge >= 0.3 is 0 Å². The van der Waals surface area contributed by atoms with Crippen LogP contribution in [0.5, 0.6) is 0 Å². The van der Waals surface area contributed by atoms with Crippen LogP contribution in [0, 0.1) is 5.92 Å². The Labute approximate surface area is 88.1 Å². The molecule has 1 N–H and O–H groups in total. The van der Waals surface area contributed by atoms with Crippen LogP contribution in [0.25, 0.3) is 0 Å². The maximum absolute atomic E-state index is 11.9. The van der Waals surface area contributed by atoms with E-state index in [1.54, 1.807) is 0 Å². The minimum absolute atomic E-state index is 0.135. The Kier molecular flexibility index (Phi) is 4.27. The summed E-state index contributed by atoms with van der Waals surface area (Å²) in [6.07, 6.45) is 3.17. The van der Waals surface area contributed by atoms with Crippen molar-refractivity contribution in [3.63, 3.8) is 0 Å².